The van der Waals surface area contributed by atoms with Gasteiger partial charge in [0.15, 0.2) is 6.61 Å². The normalized spacial score (nSPS) is 25.8. The van der Waals surface area contributed by atoms with Gasteiger partial charge in [0, 0.05) is 0 Å². The molecule has 1 spiro atoms. The van der Waals surface area contributed by atoms with E-state index in [2.05, 4.69) is 19.2 Å². The average Bonchev–Trinajstić information content (AvgIpc) is 2.81. The third-order valence-electron chi connectivity index (χ3n) is 5.45. The summed E-state index contributed by atoms with van der Waals surface area (Å²) in [5, 5.41) is 2.77. The second-order valence-corrected chi connectivity index (χ2v) is 8.82. The number of benzene rings is 1. The molecule has 29 heavy (non-hydrogen) atoms. The van der Waals surface area contributed by atoms with Crippen LogP contribution in [0, 0.1) is 17.2 Å². The van der Waals surface area contributed by atoms with Crippen LogP contribution in [0.5, 0.6) is 0 Å². The van der Waals surface area contributed by atoms with Crippen molar-refractivity contribution in [2.75, 3.05) is 13.2 Å². The van der Waals surface area contributed by atoms with Crippen LogP contribution in [0.1, 0.15) is 50.4 Å². The van der Waals surface area contributed by atoms with E-state index < -0.39 is 48.2 Å². The van der Waals surface area contributed by atoms with Crippen LogP contribution in [0.25, 0.3) is 0 Å². The summed E-state index contributed by atoms with van der Waals surface area (Å²) in [6.07, 6.45) is 1.95. The number of carbonyl (C=O) groups excluding carboxylic acids is 4. The summed E-state index contributed by atoms with van der Waals surface area (Å²) in [4.78, 5) is 50.3. The number of urea groups is 1. The Morgan fingerprint density at radius 1 is 1.24 bits per heavy atom. The largest absolute Gasteiger partial charge is 0.456 e. The van der Waals surface area contributed by atoms with Crippen molar-refractivity contribution in [3.8, 4) is 0 Å². The van der Waals surface area contributed by atoms with Crippen molar-refractivity contribution in [2.24, 2.45) is 11.3 Å². The van der Waals surface area contributed by atoms with Gasteiger partial charge in [0.1, 0.15) is 17.9 Å². The Kier molecular flexibility index (Phi) is 5.47. The minimum atomic E-state index is -1.01. The van der Waals surface area contributed by atoms with Crippen LogP contribution in [0.2, 0.25) is 0 Å². The molecule has 2 atom stereocenters. The first kappa shape index (κ1) is 21.0. The number of ether oxygens (including phenoxy) is 1. The molecule has 1 saturated heterocycles. The predicted octanol–water partition coefficient (Wildman–Crippen LogP) is 2.69. The zero-order valence-corrected chi connectivity index (χ0v) is 16.8. The minimum Gasteiger partial charge on any atom is -0.456 e. The fraction of sp³-hybridized carbons (Fsp3) is 0.524. The molecule has 0 aromatic heterocycles. The van der Waals surface area contributed by atoms with Gasteiger partial charge in [-0.2, -0.15) is 0 Å². The van der Waals surface area contributed by atoms with E-state index in [1.807, 2.05) is 6.92 Å². The maximum Gasteiger partial charge on any atom is 0.326 e. The van der Waals surface area contributed by atoms with E-state index in [4.69, 9.17) is 4.74 Å². The topological polar surface area (TPSA) is 92.8 Å². The standard InChI is InChI=1S/C21H25FN2O5/c1-13-8-20(2,3)12-21(9-13)18(27)24(19(28)23-21)10-17(26)29-11-16(25)14-6-4-5-7-15(14)22/h4-7,13H,8-12H2,1-3H3,(H,23,28)/t13-,21-/m1/s1. The van der Waals surface area contributed by atoms with Crippen LogP contribution in [-0.4, -0.2) is 47.3 Å². The summed E-state index contributed by atoms with van der Waals surface area (Å²) in [7, 11) is 0. The minimum absolute atomic E-state index is 0.122. The second kappa shape index (κ2) is 7.57. The molecule has 1 aromatic carbocycles. The van der Waals surface area contributed by atoms with E-state index in [-0.39, 0.29) is 16.9 Å². The summed E-state index contributed by atoms with van der Waals surface area (Å²) in [5.41, 5.74) is -1.32. The first-order valence-corrected chi connectivity index (χ1v) is 9.60. The van der Waals surface area contributed by atoms with E-state index in [1.54, 1.807) is 0 Å². The summed E-state index contributed by atoms with van der Waals surface area (Å²) in [5.74, 6) is -2.52. The number of imide groups is 1. The van der Waals surface area contributed by atoms with Crippen molar-refractivity contribution in [1.29, 1.82) is 0 Å². The zero-order valence-electron chi connectivity index (χ0n) is 16.8. The molecule has 1 heterocycles. The SMILES string of the molecule is C[C@@H]1CC(C)(C)C[C@@]2(C1)NC(=O)N(CC(=O)OCC(=O)c1ccccc1F)C2=O. The van der Waals surface area contributed by atoms with Crippen LogP contribution in [0.3, 0.4) is 0 Å². The molecule has 1 aliphatic carbocycles. The van der Waals surface area contributed by atoms with Gasteiger partial charge in [0.2, 0.25) is 5.78 Å². The van der Waals surface area contributed by atoms with Gasteiger partial charge in [0.05, 0.1) is 5.56 Å². The molecular formula is C21H25FN2O5. The van der Waals surface area contributed by atoms with Gasteiger partial charge in [-0.1, -0.05) is 32.9 Å². The fourth-order valence-corrected chi connectivity index (χ4v) is 4.74. The first-order chi connectivity index (χ1) is 13.5. The van der Waals surface area contributed by atoms with Gasteiger partial charge in [-0.25, -0.2) is 9.18 Å². The van der Waals surface area contributed by atoms with E-state index in [0.717, 1.165) is 17.4 Å². The molecule has 8 heteroatoms. The Morgan fingerprint density at radius 3 is 2.59 bits per heavy atom. The fourth-order valence-electron chi connectivity index (χ4n) is 4.74. The predicted molar refractivity (Wildman–Crippen MR) is 101 cm³/mol. The highest BCUT2D eigenvalue weighted by Gasteiger charge is 2.56. The van der Waals surface area contributed by atoms with Crippen molar-refractivity contribution in [2.45, 2.75) is 45.6 Å². The number of Topliss-reactive ketones (excluding diaryl/α,β-unsaturated/α-hetero) is 1. The molecule has 0 radical (unpaired) electrons. The van der Waals surface area contributed by atoms with Crippen LogP contribution < -0.4 is 5.32 Å². The van der Waals surface area contributed by atoms with Gasteiger partial charge in [-0.3, -0.25) is 19.3 Å². The van der Waals surface area contributed by atoms with Gasteiger partial charge in [-0.05, 0) is 42.7 Å². The van der Waals surface area contributed by atoms with Crippen LogP contribution in [0.4, 0.5) is 9.18 Å². The number of rotatable bonds is 5. The number of halogens is 1. The lowest BCUT2D eigenvalue weighted by Crippen LogP contribution is -2.54. The van der Waals surface area contributed by atoms with Crippen LogP contribution >= 0.6 is 0 Å². The smallest absolute Gasteiger partial charge is 0.326 e. The summed E-state index contributed by atoms with van der Waals surface area (Å²) in [6, 6.07) is 4.72. The maximum absolute atomic E-state index is 13.6. The zero-order chi connectivity index (χ0) is 21.4. The molecule has 1 saturated carbocycles. The second-order valence-electron chi connectivity index (χ2n) is 8.82. The molecule has 0 unspecified atom stereocenters. The van der Waals surface area contributed by atoms with Gasteiger partial charge >= 0.3 is 12.0 Å². The van der Waals surface area contributed by atoms with Crippen molar-refractivity contribution in [1.82, 2.24) is 10.2 Å². The lowest BCUT2D eigenvalue weighted by Gasteiger charge is -2.43. The molecular weight excluding hydrogens is 379 g/mol. The Balaban J connectivity index is 1.62. The number of hydrogen-bond donors (Lipinski definition) is 1. The maximum atomic E-state index is 13.6. The van der Waals surface area contributed by atoms with Crippen molar-refractivity contribution >= 4 is 23.7 Å². The first-order valence-electron chi connectivity index (χ1n) is 9.60. The summed E-state index contributed by atoms with van der Waals surface area (Å²) in [6.45, 7) is 4.88. The monoisotopic (exact) mass is 404 g/mol. The number of hydrogen-bond acceptors (Lipinski definition) is 5. The Hall–Kier alpha value is -2.77. The van der Waals surface area contributed by atoms with Crippen LogP contribution in [-0.2, 0) is 14.3 Å². The van der Waals surface area contributed by atoms with E-state index >= 15 is 0 Å². The molecule has 3 rings (SSSR count). The Morgan fingerprint density at radius 2 is 1.93 bits per heavy atom. The summed E-state index contributed by atoms with van der Waals surface area (Å²) >= 11 is 0. The highest BCUT2D eigenvalue weighted by atomic mass is 19.1. The number of carbonyl (C=O) groups is 4. The molecule has 0 bridgehead atoms. The van der Waals surface area contributed by atoms with Crippen molar-refractivity contribution in [3.63, 3.8) is 0 Å². The lowest BCUT2D eigenvalue weighted by molar-refractivity contribution is -0.147. The number of esters is 1. The Labute approximate surface area is 168 Å². The van der Waals surface area contributed by atoms with Crippen molar-refractivity contribution in [3.05, 3.63) is 35.6 Å². The van der Waals surface area contributed by atoms with E-state index in [0.29, 0.717) is 12.8 Å². The number of amides is 3. The van der Waals surface area contributed by atoms with Gasteiger partial charge < -0.3 is 10.1 Å². The highest BCUT2D eigenvalue weighted by Crippen LogP contribution is 2.46. The van der Waals surface area contributed by atoms with Gasteiger partial charge in [0.25, 0.3) is 5.91 Å². The molecule has 3 amide bonds. The van der Waals surface area contributed by atoms with E-state index in [1.165, 1.54) is 18.2 Å². The quantitative estimate of drug-likeness (QED) is 0.463. The molecule has 2 aliphatic rings. The number of ketones is 1. The third-order valence-corrected chi connectivity index (χ3v) is 5.45. The third kappa shape index (κ3) is 4.31. The Bertz CT molecular complexity index is 868. The molecule has 1 N–H and O–H groups in total. The molecule has 1 aromatic rings. The average molecular weight is 404 g/mol. The van der Waals surface area contributed by atoms with Crippen LogP contribution in [0.15, 0.2) is 24.3 Å². The number of nitrogens with zero attached hydrogens (tertiary/aromatic N) is 1. The van der Waals surface area contributed by atoms with E-state index in [9.17, 15) is 23.6 Å². The molecule has 2 fully saturated rings. The highest BCUT2D eigenvalue weighted by molar-refractivity contribution is 6.09. The molecule has 1 aliphatic heterocycles. The summed E-state index contributed by atoms with van der Waals surface area (Å²) < 4.78 is 18.5. The molecule has 156 valence electrons. The van der Waals surface area contributed by atoms with Gasteiger partial charge in [-0.15, -0.1) is 0 Å². The van der Waals surface area contributed by atoms with Crippen molar-refractivity contribution < 1.29 is 28.3 Å². The number of nitrogens with one attached hydrogen (secondary N) is 1. The lowest BCUT2D eigenvalue weighted by atomic mass is 9.64. The molecule has 7 nitrogen and oxygen atoms in total.